The van der Waals surface area contributed by atoms with Crippen LogP contribution >= 0.6 is 11.6 Å². The van der Waals surface area contributed by atoms with Crippen LogP contribution in [0.3, 0.4) is 0 Å². The fourth-order valence-corrected chi connectivity index (χ4v) is 3.76. The molecule has 28 heavy (non-hydrogen) atoms. The summed E-state index contributed by atoms with van der Waals surface area (Å²) in [6.45, 7) is 5.81. The lowest BCUT2D eigenvalue weighted by Gasteiger charge is -2.35. The van der Waals surface area contributed by atoms with Gasteiger partial charge < -0.3 is 14.5 Å². The minimum atomic E-state index is -0.997. The zero-order valence-electron chi connectivity index (χ0n) is 16.2. The maximum absolute atomic E-state index is 12.5. The third-order valence-corrected chi connectivity index (χ3v) is 5.81. The number of amides is 1. The molecule has 1 heterocycles. The molecule has 0 saturated heterocycles. The van der Waals surface area contributed by atoms with Crippen LogP contribution in [-0.2, 0) is 9.53 Å². The second kappa shape index (κ2) is 8.35. The first kappa shape index (κ1) is 20.4. The van der Waals surface area contributed by atoms with Gasteiger partial charge in [0.2, 0.25) is 5.76 Å². The van der Waals surface area contributed by atoms with Crippen LogP contribution in [0.2, 0.25) is 5.02 Å². The highest BCUT2D eigenvalue weighted by atomic mass is 35.5. The lowest BCUT2D eigenvalue weighted by Crippen LogP contribution is -2.47. The van der Waals surface area contributed by atoms with Crippen molar-refractivity contribution in [3.63, 3.8) is 0 Å². The standard InChI is InChI=1S/C21H24ClNO5/c1-11-5-4-6-16(12(11)2)23-20(25)13(3)27-21(26)19-10-17(24)15-9-14(22)7-8-18(15)28-19/h7-13,16H,4-6H2,1-3H3,(H,23,25)/t11-,12-,13+,16-/m1/s1. The topological polar surface area (TPSA) is 85.6 Å². The lowest BCUT2D eigenvalue weighted by atomic mass is 9.78. The van der Waals surface area contributed by atoms with Crippen LogP contribution in [0.4, 0.5) is 0 Å². The summed E-state index contributed by atoms with van der Waals surface area (Å²) in [6, 6.07) is 5.67. The van der Waals surface area contributed by atoms with Gasteiger partial charge >= 0.3 is 5.97 Å². The Hall–Kier alpha value is -2.34. The van der Waals surface area contributed by atoms with Crippen molar-refractivity contribution < 1.29 is 18.7 Å². The molecule has 7 heteroatoms. The zero-order valence-corrected chi connectivity index (χ0v) is 16.9. The number of carbonyl (C=O) groups excluding carboxylic acids is 2. The Labute approximate surface area is 168 Å². The van der Waals surface area contributed by atoms with Gasteiger partial charge in [-0.25, -0.2) is 4.79 Å². The number of esters is 1. The number of ether oxygens (including phenoxy) is 1. The molecular formula is C21H24ClNO5. The quantitative estimate of drug-likeness (QED) is 0.779. The predicted octanol–water partition coefficient (Wildman–Crippen LogP) is 3.93. The number of hydrogen-bond donors (Lipinski definition) is 1. The molecular weight excluding hydrogens is 382 g/mol. The Bertz CT molecular complexity index is 953. The number of hydrogen-bond acceptors (Lipinski definition) is 5. The average Bonchev–Trinajstić information content (AvgIpc) is 2.65. The highest BCUT2D eigenvalue weighted by Crippen LogP contribution is 2.29. The lowest BCUT2D eigenvalue weighted by molar-refractivity contribution is -0.130. The normalized spacial score (nSPS) is 23.2. The van der Waals surface area contributed by atoms with Crippen molar-refractivity contribution >= 4 is 34.4 Å². The minimum Gasteiger partial charge on any atom is -0.449 e. The molecule has 1 saturated carbocycles. The van der Waals surface area contributed by atoms with E-state index in [1.165, 1.54) is 19.1 Å². The van der Waals surface area contributed by atoms with E-state index in [1.54, 1.807) is 6.07 Å². The second-order valence-electron chi connectivity index (χ2n) is 7.55. The predicted molar refractivity (Wildman–Crippen MR) is 106 cm³/mol. The molecule has 0 radical (unpaired) electrons. The van der Waals surface area contributed by atoms with Crippen molar-refractivity contribution in [1.29, 1.82) is 0 Å². The molecule has 1 fully saturated rings. The first-order valence-electron chi connectivity index (χ1n) is 9.51. The number of fused-ring (bicyclic) bond motifs is 1. The maximum atomic E-state index is 12.5. The molecule has 150 valence electrons. The first-order chi connectivity index (χ1) is 13.3. The van der Waals surface area contributed by atoms with E-state index < -0.39 is 17.5 Å². The molecule has 1 amide bonds. The molecule has 3 rings (SSSR count). The van der Waals surface area contributed by atoms with E-state index in [-0.39, 0.29) is 28.7 Å². The monoisotopic (exact) mass is 405 g/mol. The van der Waals surface area contributed by atoms with E-state index in [4.69, 9.17) is 20.8 Å². The van der Waals surface area contributed by atoms with E-state index in [0.29, 0.717) is 16.9 Å². The summed E-state index contributed by atoms with van der Waals surface area (Å²) in [7, 11) is 0. The van der Waals surface area contributed by atoms with Crippen LogP contribution in [0.25, 0.3) is 11.0 Å². The van der Waals surface area contributed by atoms with Crippen molar-refractivity contribution in [2.45, 2.75) is 52.2 Å². The third kappa shape index (κ3) is 4.38. The SMILES string of the molecule is C[C@@H]1[C@H](C)CCC[C@H]1NC(=O)[C@H](C)OC(=O)c1cc(=O)c2cc(Cl)ccc2o1. The van der Waals surface area contributed by atoms with Crippen LogP contribution in [0.15, 0.2) is 33.5 Å². The van der Waals surface area contributed by atoms with Crippen molar-refractivity contribution in [3.8, 4) is 0 Å². The molecule has 1 aromatic carbocycles. The highest BCUT2D eigenvalue weighted by molar-refractivity contribution is 6.31. The van der Waals surface area contributed by atoms with Crippen LogP contribution < -0.4 is 10.7 Å². The molecule has 6 nitrogen and oxygen atoms in total. The Morgan fingerprint density at radius 2 is 2.00 bits per heavy atom. The van der Waals surface area contributed by atoms with Crippen LogP contribution in [0.5, 0.6) is 0 Å². The number of nitrogens with one attached hydrogen (secondary N) is 1. The molecule has 1 aliphatic carbocycles. The summed E-state index contributed by atoms with van der Waals surface area (Å²) in [5.74, 6) is -0.557. The van der Waals surface area contributed by atoms with E-state index >= 15 is 0 Å². The van der Waals surface area contributed by atoms with Crippen LogP contribution in [0, 0.1) is 11.8 Å². The Kier molecular flexibility index (Phi) is 6.08. The third-order valence-electron chi connectivity index (χ3n) is 5.58. The summed E-state index contributed by atoms with van der Waals surface area (Å²) in [6.07, 6.45) is 2.14. The molecule has 1 aliphatic rings. The molecule has 0 unspecified atom stereocenters. The Morgan fingerprint density at radius 3 is 2.75 bits per heavy atom. The van der Waals surface area contributed by atoms with Gasteiger partial charge in [0, 0.05) is 17.1 Å². The zero-order chi connectivity index (χ0) is 20.4. The van der Waals surface area contributed by atoms with Gasteiger partial charge in [0.05, 0.1) is 5.39 Å². The second-order valence-corrected chi connectivity index (χ2v) is 7.98. The Balaban J connectivity index is 1.68. The van der Waals surface area contributed by atoms with E-state index in [9.17, 15) is 14.4 Å². The average molecular weight is 406 g/mol. The number of rotatable bonds is 4. The summed E-state index contributed by atoms with van der Waals surface area (Å²) in [4.78, 5) is 37.0. The van der Waals surface area contributed by atoms with Gasteiger partial charge in [0.15, 0.2) is 11.5 Å². The number of benzene rings is 1. The minimum absolute atomic E-state index is 0.0701. The van der Waals surface area contributed by atoms with Gasteiger partial charge in [-0.15, -0.1) is 0 Å². The first-order valence-corrected chi connectivity index (χ1v) is 9.89. The number of carbonyl (C=O) groups is 2. The molecule has 0 aliphatic heterocycles. The molecule has 4 atom stereocenters. The smallest absolute Gasteiger partial charge is 0.375 e. The molecule has 0 spiro atoms. The summed E-state index contributed by atoms with van der Waals surface area (Å²) in [5.41, 5.74) is -0.177. The fourth-order valence-electron chi connectivity index (χ4n) is 3.59. The van der Waals surface area contributed by atoms with Crippen molar-refractivity contribution in [1.82, 2.24) is 5.32 Å². The van der Waals surface area contributed by atoms with Gasteiger partial charge in [0.1, 0.15) is 5.58 Å². The van der Waals surface area contributed by atoms with Gasteiger partial charge in [-0.3, -0.25) is 9.59 Å². The van der Waals surface area contributed by atoms with Crippen molar-refractivity contribution in [3.05, 3.63) is 45.3 Å². The largest absolute Gasteiger partial charge is 0.449 e. The highest BCUT2D eigenvalue weighted by Gasteiger charge is 2.30. The Morgan fingerprint density at radius 1 is 1.25 bits per heavy atom. The fraction of sp³-hybridized carbons (Fsp3) is 0.476. The van der Waals surface area contributed by atoms with Crippen molar-refractivity contribution in [2.24, 2.45) is 11.8 Å². The van der Waals surface area contributed by atoms with Crippen LogP contribution in [-0.4, -0.2) is 24.0 Å². The summed E-state index contributed by atoms with van der Waals surface area (Å²) >= 11 is 5.88. The molecule has 1 N–H and O–H groups in total. The summed E-state index contributed by atoms with van der Waals surface area (Å²) < 4.78 is 10.7. The van der Waals surface area contributed by atoms with Gasteiger partial charge in [-0.2, -0.15) is 0 Å². The maximum Gasteiger partial charge on any atom is 0.375 e. The van der Waals surface area contributed by atoms with Crippen molar-refractivity contribution in [2.75, 3.05) is 0 Å². The van der Waals surface area contributed by atoms with Gasteiger partial charge in [-0.05, 0) is 43.4 Å². The van der Waals surface area contributed by atoms with E-state index in [1.807, 2.05) is 0 Å². The van der Waals surface area contributed by atoms with Gasteiger partial charge in [0.25, 0.3) is 5.91 Å². The molecule has 0 bridgehead atoms. The van der Waals surface area contributed by atoms with Gasteiger partial charge in [-0.1, -0.05) is 38.3 Å². The summed E-state index contributed by atoms with van der Waals surface area (Å²) in [5, 5.41) is 3.65. The molecule has 1 aromatic heterocycles. The van der Waals surface area contributed by atoms with Crippen LogP contribution in [0.1, 0.15) is 50.6 Å². The van der Waals surface area contributed by atoms with E-state index in [0.717, 1.165) is 25.3 Å². The van der Waals surface area contributed by atoms with E-state index in [2.05, 4.69) is 19.2 Å². The molecule has 2 aromatic rings. The number of halogens is 1.